The number of rotatable bonds is 38. The van der Waals surface area contributed by atoms with Crippen molar-refractivity contribution in [1.82, 2.24) is 0 Å². The zero-order chi connectivity index (χ0) is 37.5. The van der Waals surface area contributed by atoms with E-state index < -0.39 is 18.0 Å². The zero-order valence-electron chi connectivity index (χ0n) is 32.8. The molecule has 0 saturated carbocycles. The first-order valence-corrected chi connectivity index (χ1v) is 20.9. The van der Waals surface area contributed by atoms with Gasteiger partial charge < -0.3 is 19.3 Å². The lowest BCUT2D eigenvalue weighted by Crippen LogP contribution is -2.31. The Balaban J connectivity index is 4.10. The average Bonchev–Trinajstić information content (AvgIpc) is 3.11. The van der Waals surface area contributed by atoms with Gasteiger partial charge in [0, 0.05) is 12.8 Å². The Kier molecular flexibility index (Phi) is 36.6. The lowest BCUT2D eigenvalue weighted by molar-refractivity contribution is -0.167. The normalized spacial score (nSPS) is 12.0. The molecule has 0 bridgehead atoms. The summed E-state index contributed by atoms with van der Waals surface area (Å²) in [6, 6.07) is 0. The molecule has 296 valence electrons. The Morgan fingerprint density at radius 2 is 0.765 bits per heavy atom. The fourth-order valence-electron chi connectivity index (χ4n) is 5.77. The summed E-state index contributed by atoms with van der Waals surface area (Å²) in [5.41, 5.74) is 0. The molecule has 0 amide bonds. The van der Waals surface area contributed by atoms with E-state index in [0.717, 1.165) is 77.0 Å². The number of ether oxygens (including phenoxy) is 3. The number of hydrogen-bond acceptors (Lipinski definition) is 7. The number of carboxylic acid groups (broad SMARTS) is 1. The van der Waals surface area contributed by atoms with Crippen LogP contribution in [-0.4, -0.2) is 48.3 Å². The van der Waals surface area contributed by atoms with E-state index in [1.807, 2.05) is 0 Å². The van der Waals surface area contributed by atoms with E-state index in [9.17, 15) is 19.2 Å². The smallest absolute Gasteiger partial charge is 0.306 e. The number of unbranched alkanes of at least 4 members (excludes halogenated alkanes) is 22. The molecule has 1 atom stereocenters. The summed E-state index contributed by atoms with van der Waals surface area (Å²) in [5.74, 6) is -2.62. The van der Waals surface area contributed by atoms with Gasteiger partial charge in [-0.05, 0) is 64.2 Å². The number of allylic oxidation sites excluding steroid dienone is 4. The SMILES string of the molecule is CCCCCCCCC=CCCCCCCCC(=O)OCC(COC(=O)CCCCCCC/C=C\CCCCCCCC)OC(=O)CCC(=O)O. The molecule has 0 spiro atoms. The highest BCUT2D eigenvalue weighted by molar-refractivity contribution is 5.76. The molecule has 0 aliphatic rings. The maximum Gasteiger partial charge on any atom is 0.306 e. The van der Waals surface area contributed by atoms with Gasteiger partial charge in [0.2, 0.25) is 0 Å². The van der Waals surface area contributed by atoms with Crippen LogP contribution >= 0.6 is 0 Å². The van der Waals surface area contributed by atoms with Crippen LogP contribution in [0.5, 0.6) is 0 Å². The van der Waals surface area contributed by atoms with E-state index in [0.29, 0.717) is 0 Å². The van der Waals surface area contributed by atoms with Gasteiger partial charge in [-0.1, -0.05) is 141 Å². The second-order valence-electron chi connectivity index (χ2n) is 14.0. The molecular weight excluding hydrogens is 644 g/mol. The van der Waals surface area contributed by atoms with E-state index in [-0.39, 0.29) is 50.8 Å². The molecule has 0 saturated heterocycles. The van der Waals surface area contributed by atoms with E-state index in [1.54, 1.807) is 0 Å². The van der Waals surface area contributed by atoms with Crippen LogP contribution < -0.4 is 0 Å². The monoisotopic (exact) mass is 721 g/mol. The molecule has 0 aromatic heterocycles. The second kappa shape index (κ2) is 38.6. The number of carbonyl (C=O) groups excluding carboxylic acids is 3. The Hall–Kier alpha value is -2.64. The van der Waals surface area contributed by atoms with Crippen molar-refractivity contribution in [3.8, 4) is 0 Å². The molecule has 0 aliphatic heterocycles. The fourth-order valence-corrected chi connectivity index (χ4v) is 5.77. The van der Waals surface area contributed by atoms with Crippen LogP contribution in [0.25, 0.3) is 0 Å². The third kappa shape index (κ3) is 38.4. The lowest BCUT2D eigenvalue weighted by atomic mass is 10.1. The zero-order valence-corrected chi connectivity index (χ0v) is 32.8. The van der Waals surface area contributed by atoms with Crippen LogP contribution in [0.1, 0.15) is 206 Å². The van der Waals surface area contributed by atoms with Crippen molar-refractivity contribution in [3.63, 3.8) is 0 Å². The largest absolute Gasteiger partial charge is 0.481 e. The molecule has 0 aliphatic carbocycles. The van der Waals surface area contributed by atoms with Crippen LogP contribution in [0.15, 0.2) is 24.3 Å². The molecule has 0 aromatic rings. The molecule has 0 rings (SSSR count). The predicted octanol–water partition coefficient (Wildman–Crippen LogP) is 11.9. The molecule has 0 aromatic carbocycles. The molecule has 1 unspecified atom stereocenters. The molecule has 0 fully saturated rings. The highest BCUT2D eigenvalue weighted by Crippen LogP contribution is 2.13. The first-order valence-electron chi connectivity index (χ1n) is 20.9. The summed E-state index contributed by atoms with van der Waals surface area (Å²) in [7, 11) is 0. The van der Waals surface area contributed by atoms with Crippen molar-refractivity contribution < 1.29 is 38.5 Å². The predicted molar refractivity (Wildman–Crippen MR) is 208 cm³/mol. The third-order valence-corrected chi connectivity index (χ3v) is 8.99. The van der Waals surface area contributed by atoms with Crippen LogP contribution in [-0.2, 0) is 33.4 Å². The van der Waals surface area contributed by atoms with Crippen molar-refractivity contribution >= 4 is 23.9 Å². The van der Waals surface area contributed by atoms with Crippen molar-refractivity contribution in [2.75, 3.05) is 13.2 Å². The quantitative estimate of drug-likeness (QED) is 0.0290. The van der Waals surface area contributed by atoms with E-state index in [2.05, 4.69) is 38.2 Å². The standard InChI is InChI=1S/C43H76O8/c1-3-5-7-9-11-13-15-17-19-21-23-25-27-29-31-33-41(46)49-37-39(51-43(48)36-35-40(44)45)38-50-42(47)34-32-30-28-26-24-22-20-18-16-14-12-10-8-6-4-2/h17-20,39H,3-16,21-38H2,1-2H3,(H,44,45)/b19-17-,20-18?. The summed E-state index contributed by atoms with van der Waals surface area (Å²) in [4.78, 5) is 47.6. The van der Waals surface area contributed by atoms with Gasteiger partial charge in [0.1, 0.15) is 13.2 Å². The summed E-state index contributed by atoms with van der Waals surface area (Å²) in [6.45, 7) is 4.02. The Labute approximate surface area is 311 Å². The van der Waals surface area contributed by atoms with Crippen LogP contribution in [0.4, 0.5) is 0 Å². The number of aliphatic carboxylic acids is 1. The number of carbonyl (C=O) groups is 4. The summed E-state index contributed by atoms with van der Waals surface area (Å²) in [6.07, 6.45) is 38.7. The van der Waals surface area contributed by atoms with E-state index in [4.69, 9.17) is 19.3 Å². The maximum absolute atomic E-state index is 12.3. The lowest BCUT2D eigenvalue weighted by Gasteiger charge is -2.18. The third-order valence-electron chi connectivity index (χ3n) is 8.99. The highest BCUT2D eigenvalue weighted by atomic mass is 16.6. The van der Waals surface area contributed by atoms with Crippen molar-refractivity contribution in [3.05, 3.63) is 24.3 Å². The molecule has 0 heterocycles. The average molecular weight is 721 g/mol. The topological polar surface area (TPSA) is 116 Å². The van der Waals surface area contributed by atoms with Crippen molar-refractivity contribution in [1.29, 1.82) is 0 Å². The summed E-state index contributed by atoms with van der Waals surface area (Å²) >= 11 is 0. The number of carboxylic acids is 1. The maximum atomic E-state index is 12.3. The van der Waals surface area contributed by atoms with E-state index in [1.165, 1.54) is 89.9 Å². The molecular formula is C43H76O8. The first-order chi connectivity index (χ1) is 24.9. The van der Waals surface area contributed by atoms with Crippen LogP contribution in [0.3, 0.4) is 0 Å². The highest BCUT2D eigenvalue weighted by Gasteiger charge is 2.20. The Bertz CT molecular complexity index is 840. The van der Waals surface area contributed by atoms with Gasteiger partial charge in [0.25, 0.3) is 0 Å². The second-order valence-corrected chi connectivity index (χ2v) is 14.0. The van der Waals surface area contributed by atoms with Gasteiger partial charge in [-0.2, -0.15) is 0 Å². The molecule has 51 heavy (non-hydrogen) atoms. The number of hydrogen-bond donors (Lipinski definition) is 1. The van der Waals surface area contributed by atoms with Gasteiger partial charge in [-0.15, -0.1) is 0 Å². The molecule has 8 nitrogen and oxygen atoms in total. The van der Waals surface area contributed by atoms with Gasteiger partial charge in [-0.25, -0.2) is 0 Å². The van der Waals surface area contributed by atoms with Crippen LogP contribution in [0.2, 0.25) is 0 Å². The minimum atomic E-state index is -1.11. The van der Waals surface area contributed by atoms with Crippen molar-refractivity contribution in [2.24, 2.45) is 0 Å². The first kappa shape index (κ1) is 48.4. The molecule has 1 N–H and O–H groups in total. The summed E-state index contributed by atoms with van der Waals surface area (Å²) < 4.78 is 16.0. The van der Waals surface area contributed by atoms with Gasteiger partial charge in [0.05, 0.1) is 12.8 Å². The molecule has 0 radical (unpaired) electrons. The minimum absolute atomic E-state index is 0.233. The van der Waals surface area contributed by atoms with E-state index >= 15 is 0 Å². The van der Waals surface area contributed by atoms with Crippen LogP contribution in [0, 0.1) is 0 Å². The fraction of sp³-hybridized carbons (Fsp3) is 0.814. The van der Waals surface area contributed by atoms with Crippen molar-refractivity contribution in [2.45, 2.75) is 213 Å². The minimum Gasteiger partial charge on any atom is -0.481 e. The number of esters is 3. The molecule has 8 heteroatoms. The van der Waals surface area contributed by atoms with Gasteiger partial charge in [-0.3, -0.25) is 19.2 Å². The Morgan fingerprint density at radius 1 is 0.431 bits per heavy atom. The van der Waals surface area contributed by atoms with Gasteiger partial charge in [0.15, 0.2) is 6.10 Å². The summed E-state index contributed by atoms with van der Waals surface area (Å²) in [5, 5.41) is 8.86. The van der Waals surface area contributed by atoms with Gasteiger partial charge >= 0.3 is 23.9 Å². The Morgan fingerprint density at radius 3 is 1.12 bits per heavy atom.